The average molecular weight is 168 g/mol. The maximum absolute atomic E-state index is 12.5. The van der Waals surface area contributed by atoms with Crippen molar-refractivity contribution in [3.8, 4) is 5.75 Å². The molecule has 0 spiro atoms. The van der Waals surface area contributed by atoms with Crippen LogP contribution in [0.25, 0.3) is 0 Å². The van der Waals surface area contributed by atoms with Crippen LogP contribution in [0.1, 0.15) is 0 Å². The zero-order chi connectivity index (χ0) is 8.27. The number of rotatable bonds is 2. The standard InChI is InChI=1S/C6H4BFO3.2Li/c8-5-3-1-2-4-6(5)11-7(9)10;;/h1-4H;;/q-2;2*+1. The maximum Gasteiger partial charge on any atom is 1.00 e. The summed E-state index contributed by atoms with van der Waals surface area (Å²) in [5.74, 6) is -1.01. The fraction of sp³-hybridized carbons (Fsp3) is 0. The Morgan fingerprint density at radius 1 is 1.15 bits per heavy atom. The fourth-order valence-corrected chi connectivity index (χ4v) is 0.644. The van der Waals surface area contributed by atoms with Crippen molar-refractivity contribution in [1.82, 2.24) is 0 Å². The Morgan fingerprint density at radius 2 is 1.69 bits per heavy atom. The molecule has 0 aliphatic heterocycles. The third kappa shape index (κ3) is 5.44. The Hall–Kier alpha value is 0.130. The van der Waals surface area contributed by atoms with Gasteiger partial charge in [-0.25, -0.2) is 4.39 Å². The van der Waals surface area contributed by atoms with Gasteiger partial charge in [-0.3, -0.25) is 0 Å². The zero-order valence-corrected chi connectivity index (χ0v) is 7.49. The van der Waals surface area contributed by atoms with Crippen LogP contribution in [0.3, 0.4) is 0 Å². The van der Waals surface area contributed by atoms with Gasteiger partial charge in [0.15, 0.2) is 5.82 Å². The van der Waals surface area contributed by atoms with Crippen molar-refractivity contribution in [3.63, 3.8) is 0 Å². The third-order valence-electron chi connectivity index (χ3n) is 1.06. The molecule has 0 atom stereocenters. The first-order valence-electron chi connectivity index (χ1n) is 2.93. The maximum atomic E-state index is 12.5. The Kier molecular flexibility index (Phi) is 9.03. The van der Waals surface area contributed by atoms with Gasteiger partial charge in [-0.1, -0.05) is 12.1 Å². The van der Waals surface area contributed by atoms with Gasteiger partial charge >= 0.3 is 37.7 Å². The summed E-state index contributed by atoms with van der Waals surface area (Å²) in [6.45, 7) is 0. The molecule has 7 heteroatoms. The summed E-state index contributed by atoms with van der Waals surface area (Å²) < 4.78 is 16.6. The quantitative estimate of drug-likeness (QED) is 0.412. The van der Waals surface area contributed by atoms with Crippen molar-refractivity contribution in [2.45, 2.75) is 0 Å². The van der Waals surface area contributed by atoms with Gasteiger partial charge in [0.25, 0.3) is 0 Å². The van der Waals surface area contributed by atoms with Crippen LogP contribution in [-0.2, 0) is 0 Å². The van der Waals surface area contributed by atoms with E-state index in [4.69, 9.17) is 0 Å². The molecular weight excluding hydrogens is 164 g/mol. The molecule has 0 aliphatic rings. The van der Waals surface area contributed by atoms with Crippen molar-refractivity contribution in [1.29, 1.82) is 0 Å². The van der Waals surface area contributed by atoms with Crippen LogP contribution in [0, 0.1) is 5.82 Å². The molecule has 0 heterocycles. The largest absolute Gasteiger partial charge is 1.00 e. The molecule has 13 heavy (non-hydrogen) atoms. The number of para-hydroxylation sites is 1. The second-order valence-corrected chi connectivity index (χ2v) is 1.84. The molecule has 0 aromatic heterocycles. The summed E-state index contributed by atoms with van der Waals surface area (Å²) >= 11 is 0. The molecule has 0 aliphatic carbocycles. The Labute approximate surface area is 99.8 Å². The van der Waals surface area contributed by atoms with Crippen molar-refractivity contribution < 1.29 is 56.8 Å². The van der Waals surface area contributed by atoms with Crippen LogP contribution in [0.15, 0.2) is 24.3 Å². The van der Waals surface area contributed by atoms with E-state index in [0.717, 1.165) is 6.07 Å². The molecule has 3 nitrogen and oxygen atoms in total. The van der Waals surface area contributed by atoms with E-state index < -0.39 is 13.1 Å². The van der Waals surface area contributed by atoms with Gasteiger partial charge < -0.3 is 14.7 Å². The first-order chi connectivity index (χ1) is 5.20. The molecule has 0 saturated heterocycles. The average Bonchev–Trinajstić information content (AvgIpc) is 1.93. The van der Waals surface area contributed by atoms with E-state index in [1.807, 2.05) is 0 Å². The molecule has 0 saturated carbocycles. The second kappa shape index (κ2) is 7.53. The van der Waals surface area contributed by atoms with E-state index in [2.05, 4.69) is 4.65 Å². The second-order valence-electron chi connectivity index (χ2n) is 1.84. The normalized spacial score (nSPS) is 7.92. The molecule has 0 bridgehead atoms. The predicted octanol–water partition coefficient (Wildman–Crippen LogP) is -7.08. The molecule has 0 amide bonds. The summed E-state index contributed by atoms with van der Waals surface area (Å²) in [5, 5.41) is 19.8. The molecule has 1 aromatic rings. The van der Waals surface area contributed by atoms with Gasteiger partial charge in [0, 0.05) is 0 Å². The van der Waals surface area contributed by atoms with E-state index in [9.17, 15) is 14.4 Å². The summed E-state index contributed by atoms with van der Waals surface area (Å²) in [6, 6.07) is 5.24. The van der Waals surface area contributed by atoms with E-state index >= 15 is 0 Å². The number of hydrogen-bond donors (Lipinski definition) is 0. The van der Waals surface area contributed by atoms with Gasteiger partial charge in [-0.15, -0.1) is 0 Å². The summed E-state index contributed by atoms with van der Waals surface area (Å²) in [6.07, 6.45) is 0. The zero-order valence-electron chi connectivity index (χ0n) is 7.49. The minimum absolute atomic E-state index is 0. The first kappa shape index (κ1) is 15.6. The minimum Gasteiger partial charge on any atom is -0.860 e. The summed E-state index contributed by atoms with van der Waals surface area (Å²) in [4.78, 5) is 0. The molecule has 0 fully saturated rings. The molecule has 0 unspecified atom stereocenters. The molecule has 1 rings (SSSR count). The van der Waals surface area contributed by atoms with E-state index in [1.54, 1.807) is 0 Å². The molecule has 0 radical (unpaired) electrons. The summed E-state index contributed by atoms with van der Waals surface area (Å²) in [7, 11) is -2.48. The fourth-order valence-electron chi connectivity index (χ4n) is 0.644. The van der Waals surface area contributed by atoms with Gasteiger partial charge in [0.05, 0.1) is 0 Å². The van der Waals surface area contributed by atoms with Crippen LogP contribution >= 0.6 is 0 Å². The van der Waals surface area contributed by atoms with Crippen molar-refractivity contribution >= 4 is 7.32 Å². The van der Waals surface area contributed by atoms with Gasteiger partial charge in [-0.05, 0) is 12.1 Å². The predicted molar refractivity (Wildman–Crippen MR) is 32.8 cm³/mol. The number of benzene rings is 1. The van der Waals surface area contributed by atoms with Crippen molar-refractivity contribution in [3.05, 3.63) is 30.1 Å². The minimum atomic E-state index is -2.48. The van der Waals surface area contributed by atoms with Gasteiger partial charge in [-0.2, -0.15) is 0 Å². The molecular formula is C6H4BFLi2O3. The third-order valence-corrected chi connectivity index (χ3v) is 1.06. The van der Waals surface area contributed by atoms with Gasteiger partial charge in [0.1, 0.15) is 13.1 Å². The topological polar surface area (TPSA) is 55.3 Å². The number of halogens is 1. The van der Waals surface area contributed by atoms with Gasteiger partial charge in [0.2, 0.25) is 0 Å². The Bertz CT molecular complexity index is 249. The van der Waals surface area contributed by atoms with E-state index in [1.165, 1.54) is 18.2 Å². The summed E-state index contributed by atoms with van der Waals surface area (Å²) in [5.41, 5.74) is 0. The SMILES string of the molecule is [Li+].[Li+].[O-]B([O-])Oc1ccccc1F. The smallest absolute Gasteiger partial charge is 0.860 e. The molecule has 58 valence electrons. The van der Waals surface area contributed by atoms with Crippen molar-refractivity contribution in [2.75, 3.05) is 0 Å². The van der Waals surface area contributed by atoms with E-state index in [0.29, 0.717) is 0 Å². The van der Waals surface area contributed by atoms with Crippen LogP contribution in [0.2, 0.25) is 0 Å². The monoisotopic (exact) mass is 168 g/mol. The van der Waals surface area contributed by atoms with Crippen molar-refractivity contribution in [2.24, 2.45) is 0 Å². The van der Waals surface area contributed by atoms with Crippen LogP contribution in [0.4, 0.5) is 4.39 Å². The first-order valence-corrected chi connectivity index (χ1v) is 2.93. The molecule has 1 aromatic carbocycles. The molecule has 0 N–H and O–H groups in total. The number of hydrogen-bond acceptors (Lipinski definition) is 3. The Balaban J connectivity index is 0. The van der Waals surface area contributed by atoms with Crippen LogP contribution in [0.5, 0.6) is 5.75 Å². The van der Waals surface area contributed by atoms with Crippen LogP contribution in [-0.4, -0.2) is 7.32 Å². The van der Waals surface area contributed by atoms with Crippen LogP contribution < -0.4 is 52.4 Å². The van der Waals surface area contributed by atoms with E-state index in [-0.39, 0.29) is 43.5 Å². The Morgan fingerprint density at radius 3 is 2.15 bits per heavy atom.